The smallest absolute Gasteiger partial charge is 0.225 e. The molecule has 2 saturated carbocycles. The maximum absolute atomic E-state index is 5.48. The Labute approximate surface area is 136 Å². The normalized spacial score (nSPS) is 16.9. The van der Waals surface area contributed by atoms with Crippen LogP contribution in [0.25, 0.3) is 0 Å². The van der Waals surface area contributed by atoms with Crippen molar-refractivity contribution in [2.75, 3.05) is 17.2 Å². The van der Waals surface area contributed by atoms with Crippen molar-refractivity contribution in [3.05, 3.63) is 36.0 Å². The molecule has 0 spiro atoms. The third-order valence-electron chi connectivity index (χ3n) is 4.09. The zero-order valence-corrected chi connectivity index (χ0v) is 13.4. The van der Waals surface area contributed by atoms with Crippen LogP contribution in [0.3, 0.4) is 0 Å². The number of hydrogen-bond donors (Lipinski definition) is 2. The van der Waals surface area contributed by atoms with Gasteiger partial charge in [-0.1, -0.05) is 0 Å². The van der Waals surface area contributed by atoms with Crippen molar-refractivity contribution in [2.45, 2.75) is 44.6 Å². The molecular formula is C18H22N4O. The van der Waals surface area contributed by atoms with Gasteiger partial charge in [0.25, 0.3) is 0 Å². The Morgan fingerprint density at radius 1 is 1.09 bits per heavy atom. The van der Waals surface area contributed by atoms with Crippen LogP contribution in [0, 0.1) is 0 Å². The summed E-state index contributed by atoms with van der Waals surface area (Å²) in [4.78, 5) is 9.29. The Hall–Kier alpha value is -2.30. The molecule has 23 heavy (non-hydrogen) atoms. The molecule has 5 heteroatoms. The van der Waals surface area contributed by atoms with Gasteiger partial charge in [0.1, 0.15) is 11.6 Å². The second kappa shape index (κ2) is 6.07. The molecule has 0 saturated heterocycles. The molecule has 0 radical (unpaired) electrons. The van der Waals surface area contributed by atoms with Crippen molar-refractivity contribution in [1.29, 1.82) is 0 Å². The Bertz CT molecular complexity index is 678. The fourth-order valence-corrected chi connectivity index (χ4v) is 2.54. The minimum absolute atomic E-state index is 0.558. The number of anilines is 3. The number of aromatic nitrogens is 2. The van der Waals surface area contributed by atoms with Gasteiger partial charge in [-0.15, -0.1) is 0 Å². The van der Waals surface area contributed by atoms with Crippen molar-refractivity contribution >= 4 is 17.5 Å². The van der Waals surface area contributed by atoms with Gasteiger partial charge in [0.2, 0.25) is 5.95 Å². The first kappa shape index (κ1) is 14.3. The average Bonchev–Trinajstić information content (AvgIpc) is 3.43. The lowest BCUT2D eigenvalue weighted by Gasteiger charge is -2.11. The quantitative estimate of drug-likeness (QED) is 0.807. The summed E-state index contributed by atoms with van der Waals surface area (Å²) in [7, 11) is 0. The molecule has 0 amide bonds. The van der Waals surface area contributed by atoms with E-state index in [4.69, 9.17) is 4.74 Å². The molecule has 0 unspecified atom stereocenters. The number of nitrogens with zero attached hydrogens (tertiary/aromatic N) is 2. The van der Waals surface area contributed by atoms with E-state index >= 15 is 0 Å². The second-order valence-electron chi connectivity index (χ2n) is 6.28. The number of benzene rings is 1. The number of rotatable bonds is 7. The lowest BCUT2D eigenvalue weighted by atomic mass is 10.2. The molecule has 2 aromatic rings. The summed E-state index contributed by atoms with van der Waals surface area (Å²) in [6.07, 6.45) is 4.92. The summed E-state index contributed by atoms with van der Waals surface area (Å²) >= 11 is 0. The third kappa shape index (κ3) is 3.73. The maximum atomic E-state index is 5.48. The summed E-state index contributed by atoms with van der Waals surface area (Å²) in [5.74, 6) is 3.11. The van der Waals surface area contributed by atoms with Crippen molar-refractivity contribution in [3.63, 3.8) is 0 Å². The highest BCUT2D eigenvalue weighted by atomic mass is 16.5. The van der Waals surface area contributed by atoms with E-state index in [2.05, 4.69) is 26.7 Å². The Morgan fingerprint density at radius 3 is 2.52 bits per heavy atom. The van der Waals surface area contributed by atoms with Crippen LogP contribution in [0.1, 0.15) is 44.2 Å². The highest BCUT2D eigenvalue weighted by molar-refractivity contribution is 5.59. The minimum Gasteiger partial charge on any atom is -0.494 e. The zero-order chi connectivity index (χ0) is 15.6. The van der Waals surface area contributed by atoms with Gasteiger partial charge in [-0.05, 0) is 56.9 Å². The fourth-order valence-electron chi connectivity index (χ4n) is 2.54. The number of hydrogen-bond acceptors (Lipinski definition) is 5. The van der Waals surface area contributed by atoms with Crippen molar-refractivity contribution in [3.8, 4) is 5.75 Å². The van der Waals surface area contributed by atoms with Crippen LogP contribution in [0.4, 0.5) is 17.5 Å². The monoisotopic (exact) mass is 310 g/mol. The molecule has 5 nitrogen and oxygen atoms in total. The molecule has 2 aliphatic rings. The molecule has 1 aromatic carbocycles. The number of nitrogens with one attached hydrogen (secondary N) is 2. The van der Waals surface area contributed by atoms with Crippen LogP contribution in [0.5, 0.6) is 5.75 Å². The van der Waals surface area contributed by atoms with E-state index in [-0.39, 0.29) is 0 Å². The van der Waals surface area contributed by atoms with Gasteiger partial charge < -0.3 is 15.4 Å². The van der Waals surface area contributed by atoms with Gasteiger partial charge in [0.05, 0.1) is 12.3 Å². The van der Waals surface area contributed by atoms with E-state index in [1.165, 1.54) is 25.7 Å². The molecule has 2 N–H and O–H groups in total. The molecule has 0 aliphatic heterocycles. The fraction of sp³-hybridized carbons (Fsp3) is 0.444. The van der Waals surface area contributed by atoms with Crippen LogP contribution >= 0.6 is 0 Å². The van der Waals surface area contributed by atoms with Crippen LogP contribution in [0.2, 0.25) is 0 Å². The van der Waals surface area contributed by atoms with Crippen LogP contribution in [-0.4, -0.2) is 22.6 Å². The molecule has 1 heterocycles. The molecule has 1 aromatic heterocycles. The van der Waals surface area contributed by atoms with Gasteiger partial charge in [0.15, 0.2) is 0 Å². The Kier molecular flexibility index (Phi) is 3.77. The van der Waals surface area contributed by atoms with Gasteiger partial charge in [0, 0.05) is 23.7 Å². The first-order valence-corrected chi connectivity index (χ1v) is 8.45. The lowest BCUT2D eigenvalue weighted by molar-refractivity contribution is 0.340. The van der Waals surface area contributed by atoms with Gasteiger partial charge >= 0.3 is 0 Å². The molecule has 120 valence electrons. The molecular weight excluding hydrogens is 288 g/mol. The van der Waals surface area contributed by atoms with Crippen LogP contribution < -0.4 is 15.4 Å². The molecule has 0 bridgehead atoms. The lowest BCUT2D eigenvalue weighted by Crippen LogP contribution is -2.08. The summed E-state index contributed by atoms with van der Waals surface area (Å²) in [5.41, 5.74) is 2.16. The second-order valence-corrected chi connectivity index (χ2v) is 6.28. The van der Waals surface area contributed by atoms with Crippen molar-refractivity contribution < 1.29 is 4.74 Å². The van der Waals surface area contributed by atoms with Gasteiger partial charge in [-0.25, -0.2) is 4.98 Å². The first-order valence-electron chi connectivity index (χ1n) is 8.45. The van der Waals surface area contributed by atoms with E-state index in [1.807, 2.05) is 31.2 Å². The van der Waals surface area contributed by atoms with E-state index < -0.39 is 0 Å². The van der Waals surface area contributed by atoms with E-state index in [1.54, 1.807) is 0 Å². The van der Waals surface area contributed by atoms with Crippen LogP contribution in [0.15, 0.2) is 30.3 Å². The Balaban J connectivity index is 1.53. The van der Waals surface area contributed by atoms with Crippen molar-refractivity contribution in [2.24, 2.45) is 0 Å². The van der Waals surface area contributed by atoms with Crippen LogP contribution in [-0.2, 0) is 0 Å². The Morgan fingerprint density at radius 2 is 1.87 bits per heavy atom. The molecule has 2 aliphatic carbocycles. The van der Waals surface area contributed by atoms with Gasteiger partial charge in [-0.2, -0.15) is 4.98 Å². The minimum atomic E-state index is 0.558. The first-order chi connectivity index (χ1) is 11.3. The predicted molar refractivity (Wildman–Crippen MR) is 91.5 cm³/mol. The standard InChI is InChI=1S/C18H22N4O/c1-2-23-15-9-7-13(8-10-15)19-17-11-16(12-3-4-12)21-18(22-17)20-14-5-6-14/h7-12,14H,2-6H2,1H3,(H2,19,20,21,22). The highest BCUT2D eigenvalue weighted by Crippen LogP contribution is 2.40. The zero-order valence-electron chi connectivity index (χ0n) is 13.4. The predicted octanol–water partition coefficient (Wildman–Crippen LogP) is 4.07. The van der Waals surface area contributed by atoms with Crippen molar-refractivity contribution in [1.82, 2.24) is 9.97 Å². The van der Waals surface area contributed by atoms with E-state index in [0.29, 0.717) is 18.6 Å². The third-order valence-corrected chi connectivity index (χ3v) is 4.09. The topological polar surface area (TPSA) is 59.1 Å². The summed E-state index contributed by atoms with van der Waals surface area (Å²) in [5, 5.41) is 6.79. The molecule has 4 rings (SSSR count). The molecule has 2 fully saturated rings. The summed E-state index contributed by atoms with van der Waals surface area (Å²) in [6, 6.07) is 10.6. The number of ether oxygens (including phenoxy) is 1. The van der Waals surface area contributed by atoms with E-state index in [0.717, 1.165) is 28.9 Å². The average molecular weight is 310 g/mol. The largest absolute Gasteiger partial charge is 0.494 e. The molecule has 0 atom stereocenters. The SMILES string of the molecule is CCOc1ccc(Nc2cc(C3CC3)nc(NC3CC3)n2)cc1. The highest BCUT2D eigenvalue weighted by Gasteiger charge is 2.27. The maximum Gasteiger partial charge on any atom is 0.225 e. The van der Waals surface area contributed by atoms with Gasteiger partial charge in [-0.3, -0.25) is 0 Å². The summed E-state index contributed by atoms with van der Waals surface area (Å²) < 4.78 is 5.48. The van der Waals surface area contributed by atoms with E-state index in [9.17, 15) is 0 Å². The summed E-state index contributed by atoms with van der Waals surface area (Å²) in [6.45, 7) is 2.67.